The molecule has 0 saturated carbocycles. The molecule has 5 rings (SSSR count). The van der Waals surface area contributed by atoms with Crippen molar-refractivity contribution in [2.75, 3.05) is 57.6 Å². The summed E-state index contributed by atoms with van der Waals surface area (Å²) in [6.45, 7) is 3.80. The Kier molecular flexibility index (Phi) is 9.06. The number of amides is 1. The number of fused-ring (bicyclic) bond motifs is 1. The van der Waals surface area contributed by atoms with Crippen LogP contribution in [0.5, 0.6) is 0 Å². The van der Waals surface area contributed by atoms with Crippen LogP contribution in [0.15, 0.2) is 82.6 Å². The van der Waals surface area contributed by atoms with Crippen LogP contribution in [-0.2, 0) is 31.1 Å². The maximum atomic E-state index is 13.9. The molecule has 42 heavy (non-hydrogen) atoms. The number of sulfone groups is 1. The predicted octanol–water partition coefficient (Wildman–Crippen LogP) is 3.50. The quantitative estimate of drug-likeness (QED) is 0.262. The van der Waals surface area contributed by atoms with Crippen LogP contribution in [0, 0.1) is 0 Å². The lowest BCUT2D eigenvalue weighted by atomic mass is 10.2. The molecule has 1 fully saturated rings. The van der Waals surface area contributed by atoms with E-state index < -0.39 is 19.9 Å². The van der Waals surface area contributed by atoms with Crippen LogP contribution >= 0.6 is 11.3 Å². The van der Waals surface area contributed by atoms with Gasteiger partial charge in [0.2, 0.25) is 10.0 Å². The lowest BCUT2D eigenvalue weighted by Gasteiger charge is -2.29. The Balaban J connectivity index is 1.43. The zero-order chi connectivity index (χ0) is 29.9. The molecular weight excluding hydrogens is 597 g/mol. The number of carbonyl (C=O) groups is 1. The van der Waals surface area contributed by atoms with Gasteiger partial charge >= 0.3 is 0 Å². The number of rotatable bonds is 10. The molecule has 2 heterocycles. The van der Waals surface area contributed by atoms with Crippen molar-refractivity contribution in [2.45, 2.75) is 16.3 Å². The van der Waals surface area contributed by atoms with Crippen molar-refractivity contribution < 1.29 is 26.4 Å². The van der Waals surface area contributed by atoms with Crippen molar-refractivity contribution >= 4 is 52.5 Å². The van der Waals surface area contributed by atoms with Crippen LogP contribution in [0.25, 0.3) is 10.2 Å². The monoisotopic (exact) mass is 628 g/mol. The number of nitrogens with zero attached hydrogens (tertiary/aromatic N) is 4. The van der Waals surface area contributed by atoms with Gasteiger partial charge in [-0.1, -0.05) is 47.7 Å². The first kappa shape index (κ1) is 30.3. The SMILES string of the molecule is CN(Cc1ccccc1)S(=O)(=O)c1ccc(C(=O)N(CCN2CCOCC2)c2nc3c(S(C)(=O)=O)cccc3s2)cc1. The molecule has 0 N–H and O–H groups in total. The van der Waals surface area contributed by atoms with Crippen molar-refractivity contribution in [1.82, 2.24) is 14.2 Å². The van der Waals surface area contributed by atoms with E-state index in [4.69, 9.17) is 4.74 Å². The molecule has 0 unspecified atom stereocenters. The van der Waals surface area contributed by atoms with E-state index in [0.717, 1.165) is 24.9 Å². The first-order valence-corrected chi connectivity index (χ1v) is 17.5. The van der Waals surface area contributed by atoms with Crippen LogP contribution in [0.2, 0.25) is 0 Å². The Labute approximate surface area is 250 Å². The second kappa shape index (κ2) is 12.6. The van der Waals surface area contributed by atoms with Gasteiger partial charge in [-0.15, -0.1) is 0 Å². The first-order valence-electron chi connectivity index (χ1n) is 13.4. The molecule has 4 aromatic rings. The largest absolute Gasteiger partial charge is 0.379 e. The molecule has 0 radical (unpaired) electrons. The van der Waals surface area contributed by atoms with Crippen LogP contribution in [0.3, 0.4) is 0 Å². The molecule has 1 aromatic heterocycles. The summed E-state index contributed by atoms with van der Waals surface area (Å²) in [6, 6.07) is 20.1. The van der Waals surface area contributed by atoms with Crippen molar-refractivity contribution in [2.24, 2.45) is 0 Å². The summed E-state index contributed by atoms with van der Waals surface area (Å²) >= 11 is 1.24. The number of hydrogen-bond donors (Lipinski definition) is 0. The normalized spacial score (nSPS) is 14.8. The van der Waals surface area contributed by atoms with Crippen LogP contribution in [0.1, 0.15) is 15.9 Å². The van der Waals surface area contributed by atoms with Gasteiger partial charge in [-0.05, 0) is 42.0 Å². The fourth-order valence-corrected chi connectivity index (χ4v) is 7.78. The minimum Gasteiger partial charge on any atom is -0.379 e. The van der Waals surface area contributed by atoms with Crippen LogP contribution in [-0.4, -0.2) is 89.6 Å². The molecule has 0 aliphatic carbocycles. The Morgan fingerprint density at radius 3 is 2.31 bits per heavy atom. The highest BCUT2D eigenvalue weighted by Gasteiger charge is 2.26. The number of para-hydroxylation sites is 1. The van der Waals surface area contributed by atoms with E-state index in [9.17, 15) is 21.6 Å². The zero-order valence-corrected chi connectivity index (χ0v) is 25.8. The number of thiazole rings is 1. The average molecular weight is 629 g/mol. The Hall–Kier alpha value is -3.20. The van der Waals surface area contributed by atoms with Crippen LogP contribution in [0.4, 0.5) is 5.13 Å². The van der Waals surface area contributed by atoms with Gasteiger partial charge in [0.1, 0.15) is 5.52 Å². The summed E-state index contributed by atoms with van der Waals surface area (Å²) in [6.07, 6.45) is 1.13. The molecule has 0 atom stereocenters. The zero-order valence-electron chi connectivity index (χ0n) is 23.3. The average Bonchev–Trinajstić information content (AvgIpc) is 3.42. The molecule has 10 nitrogen and oxygen atoms in total. The number of ether oxygens (including phenoxy) is 1. The van der Waals surface area contributed by atoms with E-state index in [0.29, 0.717) is 47.2 Å². The predicted molar refractivity (Wildman–Crippen MR) is 163 cm³/mol. The van der Waals surface area contributed by atoms with Gasteiger partial charge < -0.3 is 4.74 Å². The lowest BCUT2D eigenvalue weighted by Crippen LogP contribution is -2.43. The molecule has 0 spiro atoms. The number of aromatic nitrogens is 1. The summed E-state index contributed by atoms with van der Waals surface area (Å²) in [7, 11) is -5.80. The summed E-state index contributed by atoms with van der Waals surface area (Å²) in [5.74, 6) is -0.357. The standard InChI is InChI=1S/C29H32N4O6S3/c1-31(21-22-7-4-3-5-8-22)42(37,38)24-13-11-23(12-14-24)28(34)33(16-15-32-17-19-39-20-18-32)29-30-27-25(40-29)9-6-10-26(27)41(2,35)36/h3-14H,15-21H2,1-2H3. The highest BCUT2D eigenvalue weighted by atomic mass is 32.2. The van der Waals surface area contributed by atoms with E-state index in [1.54, 1.807) is 12.1 Å². The smallest absolute Gasteiger partial charge is 0.260 e. The van der Waals surface area contributed by atoms with E-state index in [1.165, 1.54) is 57.9 Å². The second-order valence-corrected chi connectivity index (χ2v) is 15.1. The Morgan fingerprint density at radius 1 is 0.952 bits per heavy atom. The molecule has 0 bridgehead atoms. The molecule has 1 aliphatic rings. The Morgan fingerprint density at radius 2 is 1.64 bits per heavy atom. The van der Waals surface area contributed by atoms with Crippen molar-refractivity contribution in [1.29, 1.82) is 0 Å². The third kappa shape index (κ3) is 6.72. The van der Waals surface area contributed by atoms with E-state index >= 15 is 0 Å². The van der Waals surface area contributed by atoms with E-state index in [1.807, 2.05) is 30.3 Å². The third-order valence-corrected chi connectivity index (χ3v) is 11.0. The fourth-order valence-electron chi connectivity index (χ4n) is 4.71. The maximum absolute atomic E-state index is 13.9. The number of anilines is 1. The number of carbonyl (C=O) groups excluding carboxylic acids is 1. The molecule has 222 valence electrons. The summed E-state index contributed by atoms with van der Waals surface area (Å²) < 4.78 is 58.6. The Bertz CT molecular complexity index is 1770. The molecule has 1 aliphatic heterocycles. The number of morpholine rings is 1. The van der Waals surface area contributed by atoms with Crippen LogP contribution < -0.4 is 4.90 Å². The number of hydrogen-bond acceptors (Lipinski definition) is 9. The van der Waals surface area contributed by atoms with E-state index in [-0.39, 0.29) is 22.2 Å². The maximum Gasteiger partial charge on any atom is 0.260 e. The summed E-state index contributed by atoms with van der Waals surface area (Å²) in [5, 5.41) is 0.374. The van der Waals surface area contributed by atoms with Crippen molar-refractivity contribution in [3.8, 4) is 0 Å². The van der Waals surface area contributed by atoms with Crippen molar-refractivity contribution in [3.05, 3.63) is 83.9 Å². The summed E-state index contributed by atoms with van der Waals surface area (Å²) in [5.41, 5.74) is 1.48. The molecule has 1 amide bonds. The minimum absolute atomic E-state index is 0.0788. The van der Waals surface area contributed by atoms with Gasteiger partial charge in [0.05, 0.1) is 27.7 Å². The van der Waals surface area contributed by atoms with Crippen molar-refractivity contribution in [3.63, 3.8) is 0 Å². The highest BCUT2D eigenvalue weighted by molar-refractivity contribution is 7.91. The van der Waals surface area contributed by atoms with Gasteiger partial charge in [-0.2, -0.15) is 4.31 Å². The van der Waals surface area contributed by atoms with E-state index in [2.05, 4.69) is 9.88 Å². The van der Waals surface area contributed by atoms with Gasteiger partial charge in [0.25, 0.3) is 5.91 Å². The molecule has 1 saturated heterocycles. The first-order chi connectivity index (χ1) is 20.0. The van der Waals surface area contributed by atoms with Gasteiger partial charge in [-0.3, -0.25) is 14.6 Å². The molecule has 13 heteroatoms. The minimum atomic E-state index is -3.79. The topological polar surface area (TPSA) is 117 Å². The number of sulfonamides is 1. The summed E-state index contributed by atoms with van der Waals surface area (Å²) in [4.78, 5) is 22.4. The molecular formula is C29H32N4O6S3. The second-order valence-electron chi connectivity index (χ2n) is 10.1. The van der Waals surface area contributed by atoms with Gasteiger partial charge in [0, 0.05) is 51.6 Å². The number of benzene rings is 3. The molecule has 3 aromatic carbocycles. The highest BCUT2D eigenvalue weighted by Crippen LogP contribution is 2.33. The van der Waals surface area contributed by atoms with Gasteiger partial charge in [0.15, 0.2) is 15.0 Å². The lowest BCUT2D eigenvalue weighted by molar-refractivity contribution is 0.0391. The van der Waals surface area contributed by atoms with Gasteiger partial charge in [-0.25, -0.2) is 21.8 Å². The fraction of sp³-hybridized carbons (Fsp3) is 0.310. The third-order valence-electron chi connectivity index (χ3n) is 7.05.